The van der Waals surface area contributed by atoms with Gasteiger partial charge in [0.15, 0.2) is 5.82 Å². The highest BCUT2D eigenvalue weighted by atomic mass is 16.5. The van der Waals surface area contributed by atoms with Crippen molar-refractivity contribution in [3.8, 4) is 22.7 Å². The number of nitrogen functional groups attached to an aromatic ring is 1. The second-order valence-electron chi connectivity index (χ2n) is 8.60. The van der Waals surface area contributed by atoms with Crippen LogP contribution < -0.4 is 11.1 Å². The molecule has 10 heteroatoms. The molecule has 4 N–H and O–H groups in total. The van der Waals surface area contributed by atoms with Crippen molar-refractivity contribution in [2.75, 3.05) is 24.2 Å². The van der Waals surface area contributed by atoms with E-state index < -0.39 is 5.41 Å². The third kappa shape index (κ3) is 4.08. The summed E-state index contributed by atoms with van der Waals surface area (Å²) in [5.41, 5.74) is 8.76. The van der Waals surface area contributed by atoms with Crippen molar-refractivity contribution < 1.29 is 9.63 Å². The first-order chi connectivity index (χ1) is 16.6. The Bertz CT molecular complexity index is 1240. The number of aliphatic hydroxyl groups is 1. The Balaban J connectivity index is 1.44. The van der Waals surface area contributed by atoms with E-state index >= 15 is 0 Å². The van der Waals surface area contributed by atoms with Gasteiger partial charge in [0.1, 0.15) is 11.5 Å². The number of anilines is 2. The van der Waals surface area contributed by atoms with Crippen molar-refractivity contribution in [1.82, 2.24) is 30.1 Å². The van der Waals surface area contributed by atoms with Crippen LogP contribution in [0.4, 0.5) is 11.8 Å². The molecule has 1 fully saturated rings. The lowest BCUT2D eigenvalue weighted by atomic mass is 9.62. The van der Waals surface area contributed by atoms with Gasteiger partial charge >= 0.3 is 0 Å². The Kier molecular flexibility index (Phi) is 5.89. The smallest absolute Gasteiger partial charge is 0.278 e. The van der Waals surface area contributed by atoms with Gasteiger partial charge in [-0.2, -0.15) is 4.98 Å². The minimum Gasteiger partial charge on any atom is -0.395 e. The Morgan fingerprint density at radius 1 is 1.03 bits per heavy atom. The number of nitrogens with zero attached hydrogens (tertiary/aromatic N) is 6. The van der Waals surface area contributed by atoms with Gasteiger partial charge in [-0.05, 0) is 36.8 Å². The van der Waals surface area contributed by atoms with E-state index in [2.05, 4.69) is 61.6 Å². The van der Waals surface area contributed by atoms with Crippen LogP contribution in [0.1, 0.15) is 37.6 Å². The average Bonchev–Trinajstić information content (AvgIpc) is 3.33. The van der Waals surface area contributed by atoms with Crippen molar-refractivity contribution in [2.24, 2.45) is 5.92 Å². The number of hydrogen-bond donors (Lipinski definition) is 3. The van der Waals surface area contributed by atoms with Gasteiger partial charge in [-0.1, -0.05) is 35.8 Å². The Hall–Kier alpha value is -3.92. The van der Waals surface area contributed by atoms with Crippen molar-refractivity contribution in [3.63, 3.8) is 0 Å². The highest BCUT2D eigenvalue weighted by Crippen LogP contribution is 2.47. The largest absolute Gasteiger partial charge is 0.395 e. The van der Waals surface area contributed by atoms with Gasteiger partial charge in [0, 0.05) is 24.5 Å². The number of aromatic nitrogens is 6. The summed E-state index contributed by atoms with van der Waals surface area (Å²) in [6.45, 7) is 2.61. The summed E-state index contributed by atoms with van der Waals surface area (Å²) in [7, 11) is 0. The first kappa shape index (κ1) is 21.9. The second-order valence-corrected chi connectivity index (χ2v) is 8.60. The molecule has 1 aliphatic rings. The minimum atomic E-state index is -0.397. The molecule has 5 rings (SSSR count). The average molecular weight is 459 g/mol. The Labute approximate surface area is 196 Å². The van der Waals surface area contributed by atoms with E-state index in [9.17, 15) is 0 Å². The van der Waals surface area contributed by atoms with Gasteiger partial charge in [-0.15, -0.1) is 0 Å². The Morgan fingerprint density at radius 2 is 1.79 bits per heavy atom. The van der Waals surface area contributed by atoms with Crippen LogP contribution in [0.5, 0.6) is 0 Å². The van der Waals surface area contributed by atoms with Gasteiger partial charge < -0.3 is 20.7 Å². The molecule has 0 bridgehead atoms. The summed E-state index contributed by atoms with van der Waals surface area (Å²) in [4.78, 5) is 21.6. The molecule has 1 aromatic carbocycles. The van der Waals surface area contributed by atoms with Crippen molar-refractivity contribution in [1.29, 1.82) is 0 Å². The van der Waals surface area contributed by atoms with Gasteiger partial charge in [-0.25, -0.2) is 19.9 Å². The van der Waals surface area contributed by atoms with E-state index in [1.807, 2.05) is 0 Å². The quantitative estimate of drug-likeness (QED) is 0.359. The zero-order valence-corrected chi connectivity index (χ0v) is 18.8. The zero-order chi connectivity index (χ0) is 23.5. The van der Waals surface area contributed by atoms with Crippen LogP contribution in [0.15, 0.2) is 53.6 Å². The molecule has 1 saturated carbocycles. The third-order valence-corrected chi connectivity index (χ3v) is 6.59. The van der Waals surface area contributed by atoms with E-state index in [0.29, 0.717) is 35.7 Å². The summed E-state index contributed by atoms with van der Waals surface area (Å²) < 4.78 is 5.61. The molecule has 174 valence electrons. The summed E-state index contributed by atoms with van der Waals surface area (Å²) in [5.74, 6) is 2.22. The molecular formula is C24H26N8O2. The van der Waals surface area contributed by atoms with Gasteiger partial charge in [-0.3, -0.25) is 0 Å². The molecule has 0 radical (unpaired) electrons. The predicted molar refractivity (Wildman–Crippen MR) is 127 cm³/mol. The van der Waals surface area contributed by atoms with Crippen LogP contribution in [0.2, 0.25) is 0 Å². The standard InChI is InChI=1S/C24H26N8O2/c1-24(17-3-2-4-17,18-7-5-15(6-8-18)16-11-29-23(25)30-12-16)22-31-21(34-32-22)19-13-28-20(14-27-19)26-9-10-33/h5-8,11-14,17,33H,2-4,9-10H2,1H3,(H,26,28)(H2,25,29,30). The fourth-order valence-corrected chi connectivity index (χ4v) is 4.28. The molecule has 34 heavy (non-hydrogen) atoms. The number of nitrogens with two attached hydrogens (primary N) is 1. The van der Waals surface area contributed by atoms with Crippen molar-refractivity contribution in [3.05, 3.63) is 60.4 Å². The van der Waals surface area contributed by atoms with Crippen LogP contribution in [0.25, 0.3) is 22.7 Å². The molecular weight excluding hydrogens is 432 g/mol. The summed E-state index contributed by atoms with van der Waals surface area (Å²) >= 11 is 0. The maximum absolute atomic E-state index is 8.93. The zero-order valence-electron chi connectivity index (χ0n) is 18.8. The summed E-state index contributed by atoms with van der Waals surface area (Å²) in [6, 6.07) is 8.35. The molecule has 0 amide bonds. The molecule has 3 aromatic heterocycles. The van der Waals surface area contributed by atoms with Gasteiger partial charge in [0.25, 0.3) is 5.89 Å². The minimum absolute atomic E-state index is 0.0188. The van der Waals surface area contributed by atoms with E-state index in [4.69, 9.17) is 20.3 Å². The van der Waals surface area contributed by atoms with Gasteiger partial charge in [0.2, 0.25) is 5.95 Å². The summed E-state index contributed by atoms with van der Waals surface area (Å²) in [6.07, 6.45) is 10.0. The predicted octanol–water partition coefficient (Wildman–Crippen LogP) is 3.08. The van der Waals surface area contributed by atoms with E-state index in [-0.39, 0.29) is 12.6 Å². The second kappa shape index (κ2) is 9.14. The molecule has 1 atom stereocenters. The fraction of sp³-hybridized carbons (Fsp3) is 0.333. The third-order valence-electron chi connectivity index (χ3n) is 6.59. The van der Waals surface area contributed by atoms with E-state index in [0.717, 1.165) is 29.5 Å². The lowest BCUT2D eigenvalue weighted by Crippen LogP contribution is -2.38. The number of hydrogen-bond acceptors (Lipinski definition) is 10. The molecule has 3 heterocycles. The fourth-order valence-electron chi connectivity index (χ4n) is 4.28. The van der Waals surface area contributed by atoms with Crippen LogP contribution in [0.3, 0.4) is 0 Å². The first-order valence-corrected chi connectivity index (χ1v) is 11.3. The first-order valence-electron chi connectivity index (χ1n) is 11.3. The van der Waals surface area contributed by atoms with Gasteiger partial charge in [0.05, 0.1) is 24.4 Å². The maximum Gasteiger partial charge on any atom is 0.278 e. The topological polar surface area (TPSA) is 149 Å². The monoisotopic (exact) mass is 458 g/mol. The highest BCUT2D eigenvalue weighted by Gasteiger charge is 2.44. The maximum atomic E-state index is 8.93. The molecule has 10 nitrogen and oxygen atoms in total. The van der Waals surface area contributed by atoms with Crippen LogP contribution in [-0.2, 0) is 5.41 Å². The van der Waals surface area contributed by atoms with Crippen molar-refractivity contribution in [2.45, 2.75) is 31.6 Å². The van der Waals surface area contributed by atoms with Crippen LogP contribution in [-0.4, -0.2) is 48.3 Å². The lowest BCUT2D eigenvalue weighted by Gasteiger charge is -2.41. The Morgan fingerprint density at radius 3 is 2.41 bits per heavy atom. The molecule has 4 aromatic rings. The molecule has 0 saturated heterocycles. The summed E-state index contributed by atoms with van der Waals surface area (Å²) in [5, 5.41) is 16.3. The highest BCUT2D eigenvalue weighted by molar-refractivity contribution is 5.62. The van der Waals surface area contributed by atoms with Crippen LogP contribution >= 0.6 is 0 Å². The number of rotatable bonds is 8. The van der Waals surface area contributed by atoms with E-state index in [1.54, 1.807) is 24.8 Å². The van der Waals surface area contributed by atoms with E-state index in [1.165, 1.54) is 6.42 Å². The molecule has 0 aliphatic heterocycles. The SMILES string of the molecule is CC(c1ccc(-c2cnc(N)nc2)cc1)(c1noc(-c2cnc(NCCO)cn2)n1)C1CCC1. The normalized spacial score (nSPS) is 15.5. The molecule has 1 unspecified atom stereocenters. The van der Waals surface area contributed by atoms with Crippen molar-refractivity contribution >= 4 is 11.8 Å². The number of nitrogens with one attached hydrogen (secondary N) is 1. The molecule has 1 aliphatic carbocycles. The van der Waals surface area contributed by atoms with Crippen LogP contribution in [0, 0.1) is 5.92 Å². The molecule has 0 spiro atoms. The number of aliphatic hydroxyl groups excluding tert-OH is 1. The lowest BCUT2D eigenvalue weighted by molar-refractivity contribution is 0.199. The number of benzene rings is 1.